The molecule has 0 atom stereocenters. The van der Waals surface area contributed by atoms with Crippen LogP contribution in [0.3, 0.4) is 0 Å². The SMILES string of the molecule is CC(C)Nc1nc(Cl)cc(C(C)(C)C)n1. The van der Waals surface area contributed by atoms with Crippen LogP contribution in [0.25, 0.3) is 0 Å². The molecule has 0 radical (unpaired) electrons. The largest absolute Gasteiger partial charge is 0.352 e. The predicted octanol–water partition coefficient (Wildman–Crippen LogP) is 3.25. The minimum atomic E-state index is -0.0139. The summed E-state index contributed by atoms with van der Waals surface area (Å²) in [5.41, 5.74) is 0.936. The Balaban J connectivity index is 3.06. The molecule has 1 heterocycles. The first-order valence-electron chi connectivity index (χ1n) is 5.10. The van der Waals surface area contributed by atoms with Gasteiger partial charge in [-0.15, -0.1) is 0 Å². The van der Waals surface area contributed by atoms with Crippen molar-refractivity contribution in [2.24, 2.45) is 0 Å². The molecule has 1 aromatic rings. The number of rotatable bonds is 2. The zero-order valence-corrected chi connectivity index (χ0v) is 10.7. The highest BCUT2D eigenvalue weighted by molar-refractivity contribution is 6.29. The van der Waals surface area contributed by atoms with E-state index in [2.05, 4.69) is 36.1 Å². The first kappa shape index (κ1) is 12.2. The maximum atomic E-state index is 5.95. The highest BCUT2D eigenvalue weighted by Crippen LogP contribution is 2.23. The summed E-state index contributed by atoms with van der Waals surface area (Å²) in [6, 6.07) is 2.11. The molecule has 0 unspecified atom stereocenters. The fourth-order valence-corrected chi connectivity index (χ4v) is 1.31. The second-order valence-electron chi connectivity index (χ2n) is 4.95. The lowest BCUT2D eigenvalue weighted by atomic mass is 9.92. The second-order valence-corrected chi connectivity index (χ2v) is 5.34. The van der Waals surface area contributed by atoms with Gasteiger partial charge in [-0.05, 0) is 19.9 Å². The summed E-state index contributed by atoms with van der Waals surface area (Å²) in [6.07, 6.45) is 0. The van der Waals surface area contributed by atoms with Crippen molar-refractivity contribution in [3.05, 3.63) is 16.9 Å². The molecule has 0 amide bonds. The highest BCUT2D eigenvalue weighted by Gasteiger charge is 2.17. The van der Waals surface area contributed by atoms with E-state index >= 15 is 0 Å². The normalized spacial score (nSPS) is 11.9. The molecule has 3 nitrogen and oxygen atoms in total. The van der Waals surface area contributed by atoms with Gasteiger partial charge in [0, 0.05) is 11.5 Å². The summed E-state index contributed by atoms with van der Waals surface area (Å²) in [5.74, 6) is 0.599. The minimum Gasteiger partial charge on any atom is -0.352 e. The van der Waals surface area contributed by atoms with Crippen LogP contribution in [0.4, 0.5) is 5.95 Å². The smallest absolute Gasteiger partial charge is 0.224 e. The van der Waals surface area contributed by atoms with Crippen molar-refractivity contribution in [3.8, 4) is 0 Å². The van der Waals surface area contributed by atoms with Crippen molar-refractivity contribution >= 4 is 17.5 Å². The maximum Gasteiger partial charge on any atom is 0.224 e. The lowest BCUT2D eigenvalue weighted by Gasteiger charge is -2.19. The molecule has 84 valence electrons. The molecule has 15 heavy (non-hydrogen) atoms. The summed E-state index contributed by atoms with van der Waals surface area (Å²) in [6.45, 7) is 10.4. The van der Waals surface area contributed by atoms with E-state index in [4.69, 9.17) is 11.6 Å². The van der Waals surface area contributed by atoms with Crippen molar-refractivity contribution in [1.82, 2.24) is 9.97 Å². The van der Waals surface area contributed by atoms with Crippen LogP contribution in [0, 0.1) is 0 Å². The summed E-state index contributed by atoms with van der Waals surface area (Å²) in [5, 5.41) is 3.64. The summed E-state index contributed by atoms with van der Waals surface area (Å²) in [7, 11) is 0. The van der Waals surface area contributed by atoms with Gasteiger partial charge in [-0.1, -0.05) is 32.4 Å². The second kappa shape index (κ2) is 4.35. The number of aromatic nitrogens is 2. The molecule has 1 rings (SSSR count). The Morgan fingerprint density at radius 2 is 1.87 bits per heavy atom. The van der Waals surface area contributed by atoms with Gasteiger partial charge in [0.2, 0.25) is 5.95 Å². The third kappa shape index (κ3) is 3.67. The van der Waals surface area contributed by atoms with E-state index in [0.29, 0.717) is 17.1 Å². The third-order valence-electron chi connectivity index (χ3n) is 1.88. The Labute approximate surface area is 96.3 Å². The molecule has 4 heteroatoms. The molecule has 1 N–H and O–H groups in total. The quantitative estimate of drug-likeness (QED) is 0.789. The number of halogens is 1. The van der Waals surface area contributed by atoms with E-state index in [1.165, 1.54) is 0 Å². The summed E-state index contributed by atoms with van der Waals surface area (Å²) < 4.78 is 0. The average molecular weight is 228 g/mol. The zero-order valence-electron chi connectivity index (χ0n) is 9.93. The van der Waals surface area contributed by atoms with Crippen LogP contribution < -0.4 is 5.32 Å². The van der Waals surface area contributed by atoms with Gasteiger partial charge in [0.25, 0.3) is 0 Å². The molecule has 0 spiro atoms. The van der Waals surface area contributed by atoms with Crippen molar-refractivity contribution in [3.63, 3.8) is 0 Å². The van der Waals surface area contributed by atoms with Crippen LogP contribution in [0.15, 0.2) is 6.07 Å². The van der Waals surface area contributed by atoms with E-state index in [0.717, 1.165) is 5.69 Å². The molecule has 0 bridgehead atoms. The first-order chi connectivity index (χ1) is 6.79. The van der Waals surface area contributed by atoms with Crippen LogP contribution in [0.1, 0.15) is 40.3 Å². The zero-order chi connectivity index (χ0) is 11.6. The molecule has 0 saturated heterocycles. The predicted molar refractivity (Wildman–Crippen MR) is 64.5 cm³/mol. The monoisotopic (exact) mass is 227 g/mol. The Morgan fingerprint density at radius 1 is 1.27 bits per heavy atom. The van der Waals surface area contributed by atoms with Gasteiger partial charge in [0.1, 0.15) is 5.15 Å². The molecule has 0 fully saturated rings. The Bertz CT molecular complexity index is 342. The average Bonchev–Trinajstić information content (AvgIpc) is 1.99. The molecule has 0 aliphatic heterocycles. The minimum absolute atomic E-state index is 0.0139. The molecular formula is C11H18ClN3. The van der Waals surface area contributed by atoms with Gasteiger partial charge in [-0.2, -0.15) is 0 Å². The number of hydrogen-bond acceptors (Lipinski definition) is 3. The van der Waals surface area contributed by atoms with E-state index in [-0.39, 0.29) is 5.41 Å². The topological polar surface area (TPSA) is 37.8 Å². The highest BCUT2D eigenvalue weighted by atomic mass is 35.5. The van der Waals surface area contributed by atoms with Gasteiger partial charge in [0.15, 0.2) is 0 Å². The maximum absolute atomic E-state index is 5.95. The van der Waals surface area contributed by atoms with Gasteiger partial charge in [-0.25, -0.2) is 9.97 Å². The summed E-state index contributed by atoms with van der Waals surface area (Å²) in [4.78, 5) is 8.57. The van der Waals surface area contributed by atoms with Crippen LogP contribution in [0.2, 0.25) is 5.15 Å². The molecule has 0 aliphatic rings. The van der Waals surface area contributed by atoms with Crippen molar-refractivity contribution < 1.29 is 0 Å². The fraction of sp³-hybridized carbons (Fsp3) is 0.636. The Hall–Kier alpha value is -0.830. The molecular weight excluding hydrogens is 210 g/mol. The Morgan fingerprint density at radius 3 is 2.33 bits per heavy atom. The first-order valence-corrected chi connectivity index (χ1v) is 5.48. The van der Waals surface area contributed by atoms with Gasteiger partial charge >= 0.3 is 0 Å². The third-order valence-corrected chi connectivity index (χ3v) is 2.07. The molecule has 0 saturated carbocycles. The van der Waals surface area contributed by atoms with Crippen molar-refractivity contribution in [2.45, 2.75) is 46.1 Å². The number of anilines is 1. The molecule has 0 aromatic carbocycles. The van der Waals surface area contributed by atoms with E-state index in [9.17, 15) is 0 Å². The van der Waals surface area contributed by atoms with E-state index < -0.39 is 0 Å². The van der Waals surface area contributed by atoms with Crippen molar-refractivity contribution in [2.75, 3.05) is 5.32 Å². The fourth-order valence-electron chi connectivity index (χ4n) is 1.12. The number of nitrogens with zero attached hydrogens (tertiary/aromatic N) is 2. The van der Waals surface area contributed by atoms with Crippen LogP contribution in [-0.4, -0.2) is 16.0 Å². The van der Waals surface area contributed by atoms with E-state index in [1.54, 1.807) is 0 Å². The molecule has 0 aliphatic carbocycles. The van der Waals surface area contributed by atoms with E-state index in [1.807, 2.05) is 19.9 Å². The standard InChI is InChI=1S/C11H18ClN3/c1-7(2)13-10-14-8(11(3,4)5)6-9(12)15-10/h6-7H,1-5H3,(H,13,14,15). The number of nitrogens with one attached hydrogen (secondary N) is 1. The Kier molecular flexibility index (Phi) is 3.55. The lowest BCUT2D eigenvalue weighted by Crippen LogP contribution is -2.18. The van der Waals surface area contributed by atoms with Gasteiger partial charge in [-0.3, -0.25) is 0 Å². The van der Waals surface area contributed by atoms with Gasteiger partial charge < -0.3 is 5.32 Å². The lowest BCUT2D eigenvalue weighted by molar-refractivity contribution is 0.567. The van der Waals surface area contributed by atoms with Crippen LogP contribution >= 0.6 is 11.6 Å². The number of hydrogen-bond donors (Lipinski definition) is 1. The van der Waals surface area contributed by atoms with Crippen LogP contribution in [0.5, 0.6) is 0 Å². The molecule has 1 aromatic heterocycles. The van der Waals surface area contributed by atoms with Crippen molar-refractivity contribution in [1.29, 1.82) is 0 Å². The summed E-state index contributed by atoms with van der Waals surface area (Å²) >= 11 is 5.95. The van der Waals surface area contributed by atoms with Crippen LogP contribution in [-0.2, 0) is 5.41 Å². The van der Waals surface area contributed by atoms with Gasteiger partial charge in [0.05, 0.1) is 5.69 Å².